The number of carbonyl (C=O) groups excluding carboxylic acids is 1. The van der Waals surface area contributed by atoms with Gasteiger partial charge in [-0.1, -0.05) is 6.07 Å². The van der Waals surface area contributed by atoms with Gasteiger partial charge in [-0.2, -0.15) is 0 Å². The Morgan fingerprint density at radius 3 is 2.71 bits per heavy atom. The zero-order chi connectivity index (χ0) is 16.7. The number of pyridine rings is 1. The van der Waals surface area contributed by atoms with Crippen LogP contribution in [-0.4, -0.2) is 45.3 Å². The van der Waals surface area contributed by atoms with Crippen LogP contribution in [0.5, 0.6) is 0 Å². The number of rotatable bonds is 4. The zero-order valence-corrected chi connectivity index (χ0v) is 14.9. The number of likely N-dealkylation sites (tertiary alicyclic amines) is 2. The van der Waals surface area contributed by atoms with E-state index in [4.69, 9.17) is 0 Å². The van der Waals surface area contributed by atoms with Crippen LogP contribution >= 0.6 is 11.3 Å². The van der Waals surface area contributed by atoms with Crippen LogP contribution in [-0.2, 0) is 17.9 Å². The number of hydrogen-bond donors (Lipinski definition) is 0. The van der Waals surface area contributed by atoms with E-state index in [-0.39, 0.29) is 5.92 Å². The van der Waals surface area contributed by atoms with Gasteiger partial charge in [0.25, 0.3) is 0 Å². The molecule has 0 radical (unpaired) electrons. The molecule has 5 nitrogen and oxygen atoms in total. The Hall–Kier alpha value is -1.79. The molecule has 4 rings (SSSR count). The first-order chi connectivity index (χ1) is 11.6. The first kappa shape index (κ1) is 15.7. The largest absolute Gasteiger partial charge is 0.336 e. The van der Waals surface area contributed by atoms with Crippen LogP contribution in [0.4, 0.5) is 0 Å². The number of aryl methyl sites for hydroxylation is 2. The second-order valence-electron chi connectivity index (χ2n) is 6.91. The Morgan fingerprint density at radius 2 is 2.00 bits per heavy atom. The van der Waals surface area contributed by atoms with Gasteiger partial charge >= 0.3 is 0 Å². The maximum atomic E-state index is 12.7. The summed E-state index contributed by atoms with van der Waals surface area (Å²) in [5, 5.41) is 3.13. The van der Waals surface area contributed by atoms with E-state index >= 15 is 0 Å². The molecule has 0 N–H and O–H groups in total. The van der Waals surface area contributed by atoms with Crippen LogP contribution in [0.3, 0.4) is 0 Å². The van der Waals surface area contributed by atoms with E-state index in [0.29, 0.717) is 18.4 Å². The van der Waals surface area contributed by atoms with Crippen molar-refractivity contribution in [3.63, 3.8) is 0 Å². The number of carbonyl (C=O) groups is 1. The molecule has 2 aliphatic rings. The molecule has 6 heteroatoms. The molecular weight excluding hydrogens is 320 g/mol. The maximum absolute atomic E-state index is 12.7. The molecule has 2 fully saturated rings. The fourth-order valence-electron chi connectivity index (χ4n) is 3.90. The molecule has 0 bridgehead atoms. The fraction of sp³-hybridized carbons (Fsp3) is 0.500. The number of fused-ring (bicyclic) bond motifs is 1. The number of thiazole rings is 1. The van der Waals surface area contributed by atoms with E-state index in [0.717, 1.165) is 48.3 Å². The average molecular weight is 342 g/mol. The fourth-order valence-corrected chi connectivity index (χ4v) is 4.50. The third kappa shape index (κ3) is 3.08. The van der Waals surface area contributed by atoms with Gasteiger partial charge in [-0.25, -0.2) is 4.98 Å². The highest BCUT2D eigenvalue weighted by atomic mass is 32.1. The van der Waals surface area contributed by atoms with Crippen molar-refractivity contribution in [3.8, 4) is 0 Å². The van der Waals surface area contributed by atoms with Crippen molar-refractivity contribution >= 4 is 17.2 Å². The molecule has 0 saturated carbocycles. The molecule has 2 saturated heterocycles. The van der Waals surface area contributed by atoms with Gasteiger partial charge in [-0.15, -0.1) is 11.3 Å². The van der Waals surface area contributed by atoms with Crippen LogP contribution in [0, 0.1) is 25.7 Å². The van der Waals surface area contributed by atoms with Crippen LogP contribution < -0.4 is 0 Å². The first-order valence-corrected chi connectivity index (χ1v) is 9.31. The minimum Gasteiger partial charge on any atom is -0.336 e. The van der Waals surface area contributed by atoms with Crippen molar-refractivity contribution in [1.82, 2.24) is 19.8 Å². The summed E-state index contributed by atoms with van der Waals surface area (Å²) in [5.41, 5.74) is 3.16. The topological polar surface area (TPSA) is 49.3 Å². The maximum Gasteiger partial charge on any atom is 0.227 e. The van der Waals surface area contributed by atoms with Crippen molar-refractivity contribution in [2.24, 2.45) is 11.8 Å². The summed E-state index contributed by atoms with van der Waals surface area (Å²) in [6.07, 6.45) is 0. The highest BCUT2D eigenvalue weighted by molar-refractivity contribution is 7.09. The minimum atomic E-state index is 0.148. The summed E-state index contributed by atoms with van der Waals surface area (Å²) in [5.74, 6) is 0.891. The van der Waals surface area contributed by atoms with Crippen molar-refractivity contribution in [3.05, 3.63) is 45.7 Å². The SMILES string of the molecule is Cc1cccc(CN2C[C@H]3CN(Cc4csc(C)n4)C(=O)[C@H]3C2)n1. The van der Waals surface area contributed by atoms with Crippen LogP contribution in [0.1, 0.15) is 22.1 Å². The highest BCUT2D eigenvalue weighted by Gasteiger charge is 2.46. The molecule has 2 aromatic rings. The summed E-state index contributed by atoms with van der Waals surface area (Å²) >= 11 is 1.65. The van der Waals surface area contributed by atoms with E-state index in [1.54, 1.807) is 11.3 Å². The molecule has 4 heterocycles. The van der Waals surface area contributed by atoms with Crippen molar-refractivity contribution < 1.29 is 4.79 Å². The van der Waals surface area contributed by atoms with Crippen molar-refractivity contribution in [1.29, 1.82) is 0 Å². The number of amides is 1. The van der Waals surface area contributed by atoms with Crippen molar-refractivity contribution in [2.75, 3.05) is 19.6 Å². The molecule has 1 amide bonds. The van der Waals surface area contributed by atoms with Crippen molar-refractivity contribution in [2.45, 2.75) is 26.9 Å². The Bertz CT molecular complexity index is 759. The normalized spacial score (nSPS) is 23.9. The average Bonchev–Trinajstić information content (AvgIpc) is 3.18. The van der Waals surface area contributed by atoms with E-state index in [1.807, 2.05) is 24.8 Å². The van der Waals surface area contributed by atoms with Gasteiger partial charge in [0.15, 0.2) is 0 Å². The summed E-state index contributed by atoms with van der Waals surface area (Å²) in [6.45, 7) is 8.22. The number of aromatic nitrogens is 2. The Labute approximate surface area is 146 Å². The van der Waals surface area contributed by atoms with E-state index < -0.39 is 0 Å². The quantitative estimate of drug-likeness (QED) is 0.855. The van der Waals surface area contributed by atoms with Gasteiger partial charge in [-0.3, -0.25) is 14.7 Å². The van der Waals surface area contributed by atoms with E-state index in [2.05, 4.69) is 32.4 Å². The van der Waals surface area contributed by atoms with Crippen LogP contribution in [0.15, 0.2) is 23.6 Å². The molecule has 0 spiro atoms. The molecule has 0 unspecified atom stereocenters. The predicted octanol–water partition coefficient (Wildman–Crippen LogP) is 2.25. The van der Waals surface area contributed by atoms with Gasteiger partial charge in [-0.05, 0) is 26.0 Å². The summed E-state index contributed by atoms with van der Waals surface area (Å²) in [4.78, 5) is 26.1. The molecular formula is C18H22N4OS. The first-order valence-electron chi connectivity index (χ1n) is 8.43. The molecule has 2 aromatic heterocycles. The second kappa shape index (κ2) is 6.26. The zero-order valence-electron chi connectivity index (χ0n) is 14.1. The second-order valence-corrected chi connectivity index (χ2v) is 7.97. The van der Waals surface area contributed by atoms with Gasteiger partial charge in [0.05, 0.1) is 28.9 Å². The molecule has 0 aromatic carbocycles. The Kier molecular flexibility index (Phi) is 4.10. The minimum absolute atomic E-state index is 0.148. The standard InChI is InChI=1S/C18H22N4OS/c1-12-4-3-5-15(19-12)8-21-6-14-7-22(18(23)17(14)10-21)9-16-11-24-13(2)20-16/h3-5,11,14,17H,6-10H2,1-2H3/t14-,17-/m0/s1. The lowest BCUT2D eigenvalue weighted by Gasteiger charge is -2.21. The van der Waals surface area contributed by atoms with E-state index in [9.17, 15) is 4.79 Å². The number of nitrogens with zero attached hydrogens (tertiary/aromatic N) is 4. The van der Waals surface area contributed by atoms with Crippen LogP contribution in [0.2, 0.25) is 0 Å². The summed E-state index contributed by atoms with van der Waals surface area (Å²) < 4.78 is 0. The third-order valence-electron chi connectivity index (χ3n) is 4.95. The Balaban J connectivity index is 1.37. The molecule has 2 aliphatic heterocycles. The lowest BCUT2D eigenvalue weighted by molar-refractivity contribution is -0.131. The van der Waals surface area contributed by atoms with Gasteiger partial charge in [0.2, 0.25) is 5.91 Å². The summed E-state index contributed by atoms with van der Waals surface area (Å²) in [7, 11) is 0. The smallest absolute Gasteiger partial charge is 0.227 e. The van der Waals surface area contributed by atoms with Gasteiger partial charge in [0.1, 0.15) is 0 Å². The summed E-state index contributed by atoms with van der Waals surface area (Å²) in [6, 6.07) is 6.14. The lowest BCUT2D eigenvalue weighted by Crippen LogP contribution is -2.32. The molecule has 0 aliphatic carbocycles. The van der Waals surface area contributed by atoms with Gasteiger partial charge < -0.3 is 4.90 Å². The lowest BCUT2D eigenvalue weighted by atomic mass is 10.0. The third-order valence-corrected chi connectivity index (χ3v) is 5.77. The number of hydrogen-bond acceptors (Lipinski definition) is 5. The predicted molar refractivity (Wildman–Crippen MR) is 93.5 cm³/mol. The molecule has 24 heavy (non-hydrogen) atoms. The Morgan fingerprint density at radius 1 is 1.12 bits per heavy atom. The van der Waals surface area contributed by atoms with E-state index in [1.165, 1.54) is 0 Å². The highest BCUT2D eigenvalue weighted by Crippen LogP contribution is 2.33. The monoisotopic (exact) mass is 342 g/mol. The molecule has 126 valence electrons. The molecule has 2 atom stereocenters. The van der Waals surface area contributed by atoms with Gasteiger partial charge in [0, 0.05) is 43.2 Å². The van der Waals surface area contributed by atoms with Crippen LogP contribution in [0.25, 0.3) is 0 Å².